The minimum atomic E-state index is 0.118. The SMILES string of the molecule is O=C(C[C@H]1C=CCC1)NCc1ccccc1Cn1cncn1. The molecule has 2 aromatic rings. The van der Waals surface area contributed by atoms with Crippen LogP contribution in [0.25, 0.3) is 0 Å². The molecule has 0 saturated carbocycles. The molecular formula is C17H20N4O. The second-order valence-electron chi connectivity index (χ2n) is 5.61. The van der Waals surface area contributed by atoms with Crippen LogP contribution in [-0.4, -0.2) is 20.7 Å². The first-order chi connectivity index (χ1) is 10.8. The number of benzene rings is 1. The van der Waals surface area contributed by atoms with Crippen molar-refractivity contribution in [2.75, 3.05) is 0 Å². The van der Waals surface area contributed by atoms with Gasteiger partial charge in [0.1, 0.15) is 12.7 Å². The summed E-state index contributed by atoms with van der Waals surface area (Å²) in [6.45, 7) is 1.22. The first-order valence-corrected chi connectivity index (χ1v) is 7.64. The molecule has 3 rings (SSSR count). The number of nitrogens with zero attached hydrogens (tertiary/aromatic N) is 3. The Morgan fingerprint density at radius 3 is 2.91 bits per heavy atom. The Morgan fingerprint density at radius 1 is 1.32 bits per heavy atom. The van der Waals surface area contributed by atoms with Gasteiger partial charge in [-0.2, -0.15) is 5.10 Å². The summed E-state index contributed by atoms with van der Waals surface area (Å²) in [7, 11) is 0. The molecule has 1 aromatic carbocycles. The van der Waals surface area contributed by atoms with Gasteiger partial charge in [0.15, 0.2) is 0 Å². The van der Waals surface area contributed by atoms with Crippen molar-refractivity contribution in [3.8, 4) is 0 Å². The van der Waals surface area contributed by atoms with Gasteiger partial charge in [0.05, 0.1) is 6.54 Å². The van der Waals surface area contributed by atoms with Crippen molar-refractivity contribution in [2.24, 2.45) is 5.92 Å². The zero-order valence-electron chi connectivity index (χ0n) is 12.5. The van der Waals surface area contributed by atoms with Crippen molar-refractivity contribution in [1.29, 1.82) is 0 Å². The van der Waals surface area contributed by atoms with Crippen molar-refractivity contribution in [3.05, 3.63) is 60.2 Å². The average Bonchev–Trinajstić information content (AvgIpc) is 3.20. The molecule has 0 radical (unpaired) electrons. The predicted molar refractivity (Wildman–Crippen MR) is 83.9 cm³/mol. The fourth-order valence-electron chi connectivity index (χ4n) is 2.74. The van der Waals surface area contributed by atoms with Crippen LogP contribution in [0, 0.1) is 5.92 Å². The van der Waals surface area contributed by atoms with Gasteiger partial charge in [0.25, 0.3) is 0 Å². The van der Waals surface area contributed by atoms with E-state index in [2.05, 4.69) is 33.6 Å². The van der Waals surface area contributed by atoms with Gasteiger partial charge in [0, 0.05) is 13.0 Å². The molecule has 5 nitrogen and oxygen atoms in total. The van der Waals surface area contributed by atoms with Crippen molar-refractivity contribution >= 4 is 5.91 Å². The molecule has 114 valence electrons. The largest absolute Gasteiger partial charge is 0.352 e. The number of allylic oxidation sites excluding steroid dienone is 2. The zero-order valence-corrected chi connectivity index (χ0v) is 12.5. The van der Waals surface area contributed by atoms with E-state index < -0.39 is 0 Å². The number of hydrogen-bond acceptors (Lipinski definition) is 3. The van der Waals surface area contributed by atoms with Crippen LogP contribution in [0.3, 0.4) is 0 Å². The Labute approximate surface area is 130 Å². The number of carbonyl (C=O) groups is 1. The first-order valence-electron chi connectivity index (χ1n) is 7.64. The van der Waals surface area contributed by atoms with E-state index in [0.717, 1.165) is 24.0 Å². The van der Waals surface area contributed by atoms with Crippen LogP contribution < -0.4 is 5.32 Å². The maximum Gasteiger partial charge on any atom is 0.220 e. The van der Waals surface area contributed by atoms with Crippen molar-refractivity contribution in [3.63, 3.8) is 0 Å². The first kappa shape index (κ1) is 14.5. The number of rotatable bonds is 6. The average molecular weight is 296 g/mol. The lowest BCUT2D eigenvalue weighted by Gasteiger charge is -2.12. The van der Waals surface area contributed by atoms with E-state index in [-0.39, 0.29) is 5.91 Å². The van der Waals surface area contributed by atoms with Crippen LogP contribution in [0.4, 0.5) is 0 Å². The smallest absolute Gasteiger partial charge is 0.220 e. The van der Waals surface area contributed by atoms with E-state index in [1.807, 2.05) is 18.2 Å². The van der Waals surface area contributed by atoms with Crippen LogP contribution in [0.2, 0.25) is 0 Å². The van der Waals surface area contributed by atoms with Gasteiger partial charge in [-0.05, 0) is 29.9 Å². The number of aromatic nitrogens is 3. The molecule has 0 spiro atoms. The summed E-state index contributed by atoms with van der Waals surface area (Å²) in [6, 6.07) is 8.10. The second kappa shape index (κ2) is 7.02. The molecule has 1 aromatic heterocycles. The summed E-state index contributed by atoms with van der Waals surface area (Å²) in [4.78, 5) is 16.0. The number of hydrogen-bond donors (Lipinski definition) is 1. The lowest BCUT2D eigenvalue weighted by Crippen LogP contribution is -2.25. The highest BCUT2D eigenvalue weighted by Gasteiger charge is 2.14. The Balaban J connectivity index is 1.57. The monoisotopic (exact) mass is 296 g/mol. The van der Waals surface area contributed by atoms with Gasteiger partial charge >= 0.3 is 0 Å². The minimum absolute atomic E-state index is 0.118. The quantitative estimate of drug-likeness (QED) is 0.832. The topological polar surface area (TPSA) is 59.8 Å². The van der Waals surface area contributed by atoms with E-state index in [1.165, 1.54) is 6.33 Å². The fourth-order valence-corrected chi connectivity index (χ4v) is 2.74. The lowest BCUT2D eigenvalue weighted by atomic mass is 10.0. The Kier molecular flexibility index (Phi) is 4.63. The van der Waals surface area contributed by atoms with Gasteiger partial charge in [-0.15, -0.1) is 0 Å². The van der Waals surface area contributed by atoms with Gasteiger partial charge < -0.3 is 5.32 Å². The summed E-state index contributed by atoms with van der Waals surface area (Å²) in [5.41, 5.74) is 2.27. The van der Waals surface area contributed by atoms with Gasteiger partial charge in [-0.1, -0.05) is 36.4 Å². The normalized spacial score (nSPS) is 16.8. The molecule has 22 heavy (non-hydrogen) atoms. The highest BCUT2D eigenvalue weighted by molar-refractivity contribution is 5.76. The molecule has 0 saturated heterocycles. The third-order valence-corrected chi connectivity index (χ3v) is 3.95. The lowest BCUT2D eigenvalue weighted by molar-refractivity contribution is -0.121. The maximum atomic E-state index is 12.0. The summed E-state index contributed by atoms with van der Waals surface area (Å²) in [5.74, 6) is 0.525. The standard InChI is InChI=1S/C17H20N4O/c22-17(9-14-5-1-2-6-14)19-10-15-7-3-4-8-16(15)11-21-13-18-12-20-21/h1,3-5,7-8,12-14H,2,6,9-11H2,(H,19,22)/t14-/m0/s1. The molecule has 0 unspecified atom stereocenters. The van der Waals surface area contributed by atoms with Crippen LogP contribution in [0.1, 0.15) is 30.4 Å². The van der Waals surface area contributed by atoms with Gasteiger partial charge in [-0.25, -0.2) is 9.67 Å². The van der Waals surface area contributed by atoms with Crippen molar-refractivity contribution < 1.29 is 4.79 Å². The van der Waals surface area contributed by atoms with Crippen LogP contribution >= 0.6 is 0 Å². The van der Waals surface area contributed by atoms with Gasteiger partial charge in [-0.3, -0.25) is 4.79 Å². The van der Waals surface area contributed by atoms with Crippen LogP contribution in [-0.2, 0) is 17.9 Å². The van der Waals surface area contributed by atoms with E-state index in [0.29, 0.717) is 25.4 Å². The molecule has 1 atom stereocenters. The number of carbonyl (C=O) groups excluding carboxylic acids is 1. The third-order valence-electron chi connectivity index (χ3n) is 3.95. The Morgan fingerprint density at radius 2 is 2.18 bits per heavy atom. The molecule has 1 aliphatic rings. The Hall–Kier alpha value is -2.43. The molecule has 1 N–H and O–H groups in total. The van der Waals surface area contributed by atoms with Crippen LogP contribution in [0.15, 0.2) is 49.1 Å². The number of nitrogens with one attached hydrogen (secondary N) is 1. The second-order valence-corrected chi connectivity index (χ2v) is 5.61. The highest BCUT2D eigenvalue weighted by atomic mass is 16.1. The molecular weight excluding hydrogens is 276 g/mol. The van der Waals surface area contributed by atoms with E-state index in [4.69, 9.17) is 0 Å². The Bertz CT molecular complexity index is 648. The van der Waals surface area contributed by atoms with E-state index in [1.54, 1.807) is 11.0 Å². The number of amides is 1. The summed E-state index contributed by atoms with van der Waals surface area (Å²) < 4.78 is 1.78. The van der Waals surface area contributed by atoms with E-state index in [9.17, 15) is 4.79 Å². The van der Waals surface area contributed by atoms with Crippen molar-refractivity contribution in [2.45, 2.75) is 32.4 Å². The molecule has 0 aliphatic heterocycles. The minimum Gasteiger partial charge on any atom is -0.352 e. The molecule has 1 heterocycles. The van der Waals surface area contributed by atoms with Crippen LogP contribution in [0.5, 0.6) is 0 Å². The molecule has 1 amide bonds. The molecule has 0 fully saturated rings. The van der Waals surface area contributed by atoms with Crippen molar-refractivity contribution in [1.82, 2.24) is 20.1 Å². The summed E-state index contributed by atoms with van der Waals surface area (Å²) >= 11 is 0. The predicted octanol–water partition coefficient (Wildman–Crippen LogP) is 2.30. The molecule has 1 aliphatic carbocycles. The third kappa shape index (κ3) is 3.81. The zero-order chi connectivity index (χ0) is 15.2. The summed E-state index contributed by atoms with van der Waals surface area (Å²) in [5, 5.41) is 7.15. The highest BCUT2D eigenvalue weighted by Crippen LogP contribution is 2.20. The fraction of sp³-hybridized carbons (Fsp3) is 0.353. The van der Waals surface area contributed by atoms with Gasteiger partial charge in [0.2, 0.25) is 5.91 Å². The summed E-state index contributed by atoms with van der Waals surface area (Å²) in [6.07, 6.45) is 10.3. The van der Waals surface area contributed by atoms with E-state index >= 15 is 0 Å². The maximum absolute atomic E-state index is 12.0. The molecule has 0 bridgehead atoms. The molecule has 5 heteroatoms.